The van der Waals surface area contributed by atoms with E-state index >= 15 is 0 Å². The van der Waals surface area contributed by atoms with Crippen LogP contribution in [0.25, 0.3) is 10.6 Å². The second-order valence-electron chi connectivity index (χ2n) is 7.61. The Morgan fingerprint density at radius 2 is 2.00 bits per heavy atom. The number of anilines is 1. The van der Waals surface area contributed by atoms with E-state index < -0.39 is 0 Å². The van der Waals surface area contributed by atoms with Crippen LogP contribution in [0.15, 0.2) is 48.1 Å². The van der Waals surface area contributed by atoms with Gasteiger partial charge in [-0.1, -0.05) is 30.9 Å². The molecule has 2 N–H and O–H groups in total. The number of carbonyl (C=O) groups excluding carboxylic acids is 2. The summed E-state index contributed by atoms with van der Waals surface area (Å²) in [5.74, 6) is -0.405. The molecule has 0 atom stereocenters. The zero-order chi connectivity index (χ0) is 21.6. The van der Waals surface area contributed by atoms with E-state index in [1.807, 2.05) is 17.5 Å². The first-order valence-corrected chi connectivity index (χ1v) is 11.6. The molecular formula is C23H23ClN4O2S. The number of benzene rings is 1. The second-order valence-corrected chi connectivity index (χ2v) is 8.88. The highest BCUT2D eigenvalue weighted by Crippen LogP contribution is 2.25. The van der Waals surface area contributed by atoms with Gasteiger partial charge in [0.2, 0.25) is 5.91 Å². The molecule has 2 heterocycles. The number of nitrogens with zero attached hydrogens (tertiary/aromatic N) is 2. The van der Waals surface area contributed by atoms with Crippen LogP contribution in [-0.2, 0) is 11.2 Å². The molecule has 0 bridgehead atoms. The van der Waals surface area contributed by atoms with Gasteiger partial charge in [0, 0.05) is 35.1 Å². The van der Waals surface area contributed by atoms with Gasteiger partial charge in [-0.3, -0.25) is 14.6 Å². The zero-order valence-electron chi connectivity index (χ0n) is 16.9. The van der Waals surface area contributed by atoms with Gasteiger partial charge in [-0.2, -0.15) is 0 Å². The Morgan fingerprint density at radius 3 is 2.77 bits per heavy atom. The quantitative estimate of drug-likeness (QED) is 0.542. The number of aromatic nitrogens is 2. The summed E-state index contributed by atoms with van der Waals surface area (Å²) in [6, 6.07) is 8.93. The summed E-state index contributed by atoms with van der Waals surface area (Å²) >= 11 is 7.72. The predicted octanol–water partition coefficient (Wildman–Crippen LogP) is 5.10. The summed E-state index contributed by atoms with van der Waals surface area (Å²) in [4.78, 5) is 33.8. The number of halogens is 1. The molecular weight excluding hydrogens is 432 g/mol. The summed E-state index contributed by atoms with van der Waals surface area (Å²) < 4.78 is 0. The molecule has 6 nitrogen and oxygen atoms in total. The maximum Gasteiger partial charge on any atom is 0.253 e. The third kappa shape index (κ3) is 5.68. The molecule has 3 aromatic rings. The van der Waals surface area contributed by atoms with Crippen molar-refractivity contribution in [2.45, 2.75) is 44.6 Å². The van der Waals surface area contributed by atoms with Crippen molar-refractivity contribution in [3.8, 4) is 10.6 Å². The van der Waals surface area contributed by atoms with E-state index in [0.717, 1.165) is 36.3 Å². The van der Waals surface area contributed by atoms with Gasteiger partial charge in [-0.15, -0.1) is 11.3 Å². The van der Waals surface area contributed by atoms with E-state index in [1.54, 1.807) is 30.6 Å². The maximum atomic E-state index is 12.7. The standard InChI is InChI=1S/C23H23ClN4O2S/c24-20-9-8-17(11-19(20)22(30)27-16-6-2-1-3-7-16)26-21(29)12-18-14-31-23(28-18)15-5-4-10-25-13-15/h4-5,8-11,13-14,16H,1-3,6-7,12H2,(H,26,29)(H,27,30). The van der Waals surface area contributed by atoms with Crippen LogP contribution in [0.1, 0.15) is 48.2 Å². The van der Waals surface area contributed by atoms with Crippen molar-refractivity contribution in [2.75, 3.05) is 5.32 Å². The van der Waals surface area contributed by atoms with Gasteiger partial charge in [0.05, 0.1) is 22.7 Å². The lowest BCUT2D eigenvalue weighted by Crippen LogP contribution is -2.36. The van der Waals surface area contributed by atoms with Crippen LogP contribution >= 0.6 is 22.9 Å². The molecule has 1 aromatic carbocycles. The van der Waals surface area contributed by atoms with Crippen LogP contribution in [0.5, 0.6) is 0 Å². The third-order valence-corrected chi connectivity index (χ3v) is 6.51. The first-order chi connectivity index (χ1) is 15.1. The Balaban J connectivity index is 1.39. The fourth-order valence-corrected chi connectivity index (χ4v) is 4.68. The monoisotopic (exact) mass is 454 g/mol. The van der Waals surface area contributed by atoms with Crippen LogP contribution in [0.3, 0.4) is 0 Å². The van der Waals surface area contributed by atoms with Crippen molar-refractivity contribution in [3.63, 3.8) is 0 Å². The average Bonchev–Trinajstić information content (AvgIpc) is 3.24. The van der Waals surface area contributed by atoms with Crippen molar-refractivity contribution in [2.24, 2.45) is 0 Å². The summed E-state index contributed by atoms with van der Waals surface area (Å²) in [6.07, 6.45) is 9.07. The lowest BCUT2D eigenvalue weighted by atomic mass is 9.95. The molecule has 0 radical (unpaired) electrons. The fourth-order valence-electron chi connectivity index (χ4n) is 3.67. The summed E-state index contributed by atoms with van der Waals surface area (Å²) in [6.45, 7) is 0. The Bertz CT molecular complexity index is 1060. The van der Waals surface area contributed by atoms with E-state index in [-0.39, 0.29) is 24.3 Å². The number of nitrogens with one attached hydrogen (secondary N) is 2. The molecule has 160 valence electrons. The van der Waals surface area contributed by atoms with Crippen LogP contribution in [0.4, 0.5) is 5.69 Å². The average molecular weight is 455 g/mol. The number of pyridine rings is 1. The number of amides is 2. The van der Waals surface area contributed by atoms with E-state index in [9.17, 15) is 9.59 Å². The van der Waals surface area contributed by atoms with E-state index in [4.69, 9.17) is 11.6 Å². The third-order valence-electron chi connectivity index (χ3n) is 5.24. The van der Waals surface area contributed by atoms with Crippen molar-refractivity contribution in [1.82, 2.24) is 15.3 Å². The molecule has 2 amide bonds. The second kappa shape index (κ2) is 10.0. The molecule has 8 heteroatoms. The van der Waals surface area contributed by atoms with Gasteiger partial charge in [0.15, 0.2) is 0 Å². The smallest absolute Gasteiger partial charge is 0.253 e. The lowest BCUT2D eigenvalue weighted by molar-refractivity contribution is -0.115. The molecule has 4 rings (SSSR count). The van der Waals surface area contributed by atoms with Gasteiger partial charge in [0.1, 0.15) is 5.01 Å². The molecule has 0 saturated heterocycles. The number of thiazole rings is 1. The highest BCUT2D eigenvalue weighted by Gasteiger charge is 2.19. The van der Waals surface area contributed by atoms with Crippen LogP contribution in [-0.4, -0.2) is 27.8 Å². The molecule has 0 unspecified atom stereocenters. The number of hydrogen-bond acceptors (Lipinski definition) is 5. The molecule has 0 aliphatic heterocycles. The highest BCUT2D eigenvalue weighted by atomic mass is 35.5. The summed E-state index contributed by atoms with van der Waals surface area (Å²) in [7, 11) is 0. The molecule has 1 aliphatic carbocycles. The van der Waals surface area contributed by atoms with E-state index in [1.165, 1.54) is 17.8 Å². The zero-order valence-corrected chi connectivity index (χ0v) is 18.5. The molecule has 0 spiro atoms. The van der Waals surface area contributed by atoms with E-state index in [0.29, 0.717) is 22.0 Å². The molecule has 2 aromatic heterocycles. The number of rotatable bonds is 6. The van der Waals surface area contributed by atoms with Crippen LogP contribution in [0.2, 0.25) is 5.02 Å². The SMILES string of the molecule is O=C(Cc1csc(-c2cccnc2)n1)Nc1ccc(Cl)c(C(=O)NC2CCCCC2)c1. The van der Waals surface area contributed by atoms with Crippen LogP contribution in [0, 0.1) is 0 Å². The van der Waals surface area contributed by atoms with Gasteiger partial charge >= 0.3 is 0 Å². The number of hydrogen-bond donors (Lipinski definition) is 2. The highest BCUT2D eigenvalue weighted by molar-refractivity contribution is 7.13. The molecule has 1 fully saturated rings. The van der Waals surface area contributed by atoms with Gasteiger partial charge in [0.25, 0.3) is 5.91 Å². The minimum absolute atomic E-state index is 0.142. The maximum absolute atomic E-state index is 12.7. The minimum atomic E-state index is -0.205. The predicted molar refractivity (Wildman–Crippen MR) is 123 cm³/mol. The largest absolute Gasteiger partial charge is 0.349 e. The van der Waals surface area contributed by atoms with Crippen molar-refractivity contribution in [1.29, 1.82) is 0 Å². The summed E-state index contributed by atoms with van der Waals surface area (Å²) in [5, 5.41) is 8.96. The Morgan fingerprint density at radius 1 is 1.16 bits per heavy atom. The van der Waals surface area contributed by atoms with Gasteiger partial charge in [-0.05, 0) is 43.2 Å². The molecule has 1 aliphatic rings. The van der Waals surface area contributed by atoms with Crippen LogP contribution < -0.4 is 10.6 Å². The van der Waals surface area contributed by atoms with Gasteiger partial charge in [-0.25, -0.2) is 4.98 Å². The number of carbonyl (C=O) groups is 2. The molecule has 31 heavy (non-hydrogen) atoms. The first kappa shape index (κ1) is 21.5. The lowest BCUT2D eigenvalue weighted by Gasteiger charge is -2.23. The summed E-state index contributed by atoms with van der Waals surface area (Å²) in [5.41, 5.74) is 2.51. The minimum Gasteiger partial charge on any atom is -0.349 e. The van der Waals surface area contributed by atoms with Crippen molar-refractivity contribution < 1.29 is 9.59 Å². The Kier molecular flexibility index (Phi) is 6.94. The normalized spacial score (nSPS) is 14.2. The van der Waals surface area contributed by atoms with E-state index in [2.05, 4.69) is 20.6 Å². The van der Waals surface area contributed by atoms with Gasteiger partial charge < -0.3 is 10.6 Å². The molecule has 1 saturated carbocycles. The van der Waals surface area contributed by atoms with Crippen molar-refractivity contribution in [3.05, 3.63) is 64.4 Å². The van der Waals surface area contributed by atoms with Crippen molar-refractivity contribution >= 4 is 40.4 Å². The fraction of sp³-hybridized carbons (Fsp3) is 0.304. The Labute approximate surface area is 190 Å². The first-order valence-electron chi connectivity index (χ1n) is 10.3. The Hall–Kier alpha value is -2.77. The topological polar surface area (TPSA) is 84.0 Å².